The monoisotopic (exact) mass is 1380 g/mol. The van der Waals surface area contributed by atoms with Crippen molar-refractivity contribution in [2.24, 2.45) is 57.2 Å². The number of nitrogens with one attached hydrogen (secondary N) is 1. The second kappa shape index (κ2) is 30.3. The molecule has 0 spiro atoms. The van der Waals surface area contributed by atoms with Crippen LogP contribution in [0.4, 0.5) is 4.79 Å². The number of Topliss-reactive ketones (excluding diaryl/α,β-unsaturated/α-hetero) is 2. The summed E-state index contributed by atoms with van der Waals surface area (Å²) >= 11 is 0. The number of fused-ring (bicyclic) bond motifs is 10. The van der Waals surface area contributed by atoms with Gasteiger partial charge in [0.25, 0.3) is 0 Å². The van der Waals surface area contributed by atoms with Gasteiger partial charge in [0.2, 0.25) is 6.10 Å². The van der Waals surface area contributed by atoms with Crippen molar-refractivity contribution in [2.75, 3.05) is 20.8 Å². The number of esters is 5. The van der Waals surface area contributed by atoms with E-state index in [1.165, 1.54) is 90.2 Å². The van der Waals surface area contributed by atoms with Crippen molar-refractivity contribution in [3.05, 3.63) is 94.6 Å². The maximum atomic E-state index is 16.0. The third-order valence-electron chi connectivity index (χ3n) is 25.2. The number of carbonyl (C=O) groups excluding carboxylic acids is 8. The molecule has 100 heavy (non-hydrogen) atoms. The Labute approximate surface area is 591 Å². The van der Waals surface area contributed by atoms with E-state index in [-0.39, 0.29) is 66.1 Å². The largest absolute Gasteiger partial charge is 0.462 e. The summed E-state index contributed by atoms with van der Waals surface area (Å²) in [5, 5.41) is 16.9. The summed E-state index contributed by atoms with van der Waals surface area (Å²) in [7, 11) is 2.76. The van der Waals surface area contributed by atoms with Crippen molar-refractivity contribution in [3.63, 3.8) is 0 Å². The molecule has 19 heteroatoms. The Hall–Kier alpha value is -6.72. The van der Waals surface area contributed by atoms with Crippen LogP contribution in [0.5, 0.6) is 0 Å². The lowest BCUT2D eigenvalue weighted by atomic mass is 9.44. The third kappa shape index (κ3) is 14.8. The first kappa shape index (κ1) is 75.9. The van der Waals surface area contributed by atoms with Crippen LogP contribution in [0, 0.1) is 69.0 Å². The summed E-state index contributed by atoms with van der Waals surface area (Å²) in [6, 6.07) is 14.7. The van der Waals surface area contributed by atoms with E-state index in [1.54, 1.807) is 97.0 Å². The van der Waals surface area contributed by atoms with Gasteiger partial charge in [-0.05, 0) is 169 Å². The number of amides is 1. The second-order valence-electron chi connectivity index (χ2n) is 32.5. The first-order valence-electron chi connectivity index (χ1n) is 36.6. The minimum Gasteiger partial charge on any atom is -0.462 e. The Morgan fingerprint density at radius 2 is 1.51 bits per heavy atom. The van der Waals surface area contributed by atoms with Gasteiger partial charge in [0, 0.05) is 65.1 Å². The summed E-state index contributed by atoms with van der Waals surface area (Å²) in [5.74, 6) is 2.97. The number of alkyl carbamates (subject to hydrolysis) is 1. The molecule has 1 amide bonds. The molecule has 2 aromatic carbocycles. The van der Waals surface area contributed by atoms with Crippen LogP contribution in [0.1, 0.15) is 227 Å². The SMILES string of the molecule is CC#CCC(C)CCCC[C@H]1CC[C@H]2[C@@H]3CC=C4C[C@@H](OC(=O)CCC(=O)CCC(=O)O[C@@H](C(=O)O[C@H]5C[C@@]6(O)[C@@H](OC(=O)c7ccccc7)[C@@H]7[C@]8(OC(C)=O)CO[C@@H]8C[C@H](OC)[C@@]7(C)C(=O)[C@H](OC)C(=C5C)C6(C)C)[C@@H](NC(=O)OC(C)(C)C)c5ccccc5)CC[C@]4(C)[C@H]3CC[C@]12C. The molecular formula is C81H109NO18. The molecule has 1 aliphatic heterocycles. The number of ketones is 2. The molecular weight excluding hydrogens is 1270 g/mol. The van der Waals surface area contributed by atoms with E-state index in [2.05, 4.69) is 44.0 Å². The summed E-state index contributed by atoms with van der Waals surface area (Å²) in [4.78, 5) is 115. The number of allylic oxidation sites excluding steroid dienone is 1. The summed E-state index contributed by atoms with van der Waals surface area (Å²) in [6.07, 6.45) is 5.43. The molecule has 2 N–H and O–H groups in total. The predicted molar refractivity (Wildman–Crippen MR) is 371 cm³/mol. The van der Waals surface area contributed by atoms with Gasteiger partial charge in [-0.25, -0.2) is 14.4 Å². The zero-order valence-electron chi connectivity index (χ0n) is 61.5. The average molecular weight is 1380 g/mol. The van der Waals surface area contributed by atoms with Crippen molar-refractivity contribution in [2.45, 2.75) is 271 Å². The molecule has 8 aliphatic rings. The number of unbranched alkanes of at least 4 members (excludes halogenated alkanes) is 1. The highest BCUT2D eigenvalue weighted by molar-refractivity contribution is 5.94. The van der Waals surface area contributed by atoms with Crippen LogP contribution >= 0.6 is 0 Å². The Morgan fingerprint density at radius 1 is 0.820 bits per heavy atom. The zero-order chi connectivity index (χ0) is 72.5. The maximum absolute atomic E-state index is 16.0. The Bertz CT molecular complexity index is 3510. The first-order valence-corrected chi connectivity index (χ1v) is 36.6. The number of benzene rings is 2. The second-order valence-corrected chi connectivity index (χ2v) is 32.5. The number of hydrogen-bond donors (Lipinski definition) is 2. The van der Waals surface area contributed by atoms with Crippen LogP contribution in [-0.2, 0) is 71.4 Å². The predicted octanol–water partition coefficient (Wildman–Crippen LogP) is 13.3. The highest BCUT2D eigenvalue weighted by Gasteiger charge is 2.78. The molecule has 1 saturated heterocycles. The Morgan fingerprint density at radius 3 is 2.15 bits per heavy atom. The summed E-state index contributed by atoms with van der Waals surface area (Å²) in [6.45, 7) is 21.8. The minimum atomic E-state index is -2.36. The van der Waals surface area contributed by atoms with Crippen LogP contribution in [0.15, 0.2) is 83.5 Å². The van der Waals surface area contributed by atoms with Crippen molar-refractivity contribution in [3.8, 4) is 11.8 Å². The molecule has 2 aromatic rings. The van der Waals surface area contributed by atoms with Crippen molar-refractivity contribution < 1.29 is 86.1 Å². The number of ether oxygens (including phenoxy) is 9. The fraction of sp³-hybridized carbons (Fsp3) is 0.679. The number of methoxy groups -OCH3 is 2. The van der Waals surface area contributed by atoms with Gasteiger partial charge in [-0.1, -0.05) is 108 Å². The lowest BCUT2D eigenvalue weighted by Gasteiger charge is -2.67. The molecule has 19 nitrogen and oxygen atoms in total. The zero-order valence-corrected chi connectivity index (χ0v) is 61.5. The van der Waals surface area contributed by atoms with Crippen LogP contribution in [-0.4, -0.2) is 133 Å². The first-order chi connectivity index (χ1) is 47.3. The van der Waals surface area contributed by atoms with Gasteiger partial charge in [0.15, 0.2) is 11.4 Å². The number of hydrogen-bond acceptors (Lipinski definition) is 18. The fourth-order valence-electron chi connectivity index (χ4n) is 19.8. The molecule has 0 radical (unpaired) electrons. The number of rotatable bonds is 24. The Balaban J connectivity index is 0.854. The van der Waals surface area contributed by atoms with E-state index in [0.717, 1.165) is 37.5 Å². The van der Waals surface area contributed by atoms with Gasteiger partial charge in [0.1, 0.15) is 53.5 Å². The molecule has 0 aromatic heterocycles. The molecule has 546 valence electrons. The van der Waals surface area contributed by atoms with E-state index in [0.29, 0.717) is 29.6 Å². The lowest BCUT2D eigenvalue weighted by molar-refractivity contribution is -0.347. The highest BCUT2D eigenvalue weighted by atomic mass is 16.6. The standard InChI is InChI=1S/C81H109NO18/c1-15-16-25-48(2)26-23-24-31-53-33-37-58-57-36-32-54-44-56(40-42-78(54,11)59(57)41-43-77(53,58)10)95-63(85)38-34-55(84)35-39-64(86)97-68(66(51-27-19-17-20-28-51)82-74(90)100-75(5,6)7)73(89)96-60-46-81(91)71(98-72(88)52-29-21-18-22-30-52)69-79(12,70(87)67(93-14)65(49(60)3)76(81,8)9)61(92-13)45-62-80(69,47-94-62)99-50(4)83/h17-22,27-30,32,48,53,56-62,66-69,71,91H,23-26,31,33-47H2,1-14H3,(H,82,90)/t48?,53-,56-,57-,58-,59-,60-,61-,62+,66-,67+,68+,69-,71-,77+,78-,79+,80-,81+/m0/s1. The van der Waals surface area contributed by atoms with Gasteiger partial charge >= 0.3 is 35.9 Å². The smallest absolute Gasteiger partial charge is 0.408 e. The minimum absolute atomic E-state index is 0.0568. The van der Waals surface area contributed by atoms with E-state index in [9.17, 15) is 33.9 Å². The number of aliphatic hydroxyl groups is 1. The topological polar surface area (TPSA) is 252 Å². The molecule has 5 saturated carbocycles. The quantitative estimate of drug-likeness (QED) is 0.0326. The summed E-state index contributed by atoms with van der Waals surface area (Å²) in [5.41, 5.74) is -5.74. The molecule has 1 heterocycles. The molecule has 10 rings (SSSR count). The molecule has 7 aliphatic carbocycles. The number of carbonyl (C=O) groups is 8. The van der Waals surface area contributed by atoms with E-state index >= 15 is 9.59 Å². The molecule has 19 atom stereocenters. The summed E-state index contributed by atoms with van der Waals surface area (Å²) < 4.78 is 55.9. The third-order valence-corrected chi connectivity index (χ3v) is 25.2. The van der Waals surface area contributed by atoms with Gasteiger partial charge in [-0.15, -0.1) is 11.8 Å². The fourth-order valence-corrected chi connectivity index (χ4v) is 19.8. The van der Waals surface area contributed by atoms with E-state index < -0.39 is 137 Å². The van der Waals surface area contributed by atoms with Crippen molar-refractivity contribution in [1.29, 1.82) is 0 Å². The van der Waals surface area contributed by atoms with E-state index in [4.69, 9.17) is 42.6 Å². The van der Waals surface area contributed by atoms with Crippen LogP contribution in [0.2, 0.25) is 0 Å². The average Bonchev–Trinajstić information content (AvgIpc) is 0.709. The van der Waals surface area contributed by atoms with Crippen LogP contribution < -0.4 is 5.32 Å². The molecule has 2 bridgehead atoms. The van der Waals surface area contributed by atoms with Gasteiger partial charge in [-0.2, -0.15) is 0 Å². The van der Waals surface area contributed by atoms with Gasteiger partial charge in [0.05, 0.1) is 42.4 Å². The highest BCUT2D eigenvalue weighted by Crippen LogP contribution is 2.68. The molecule has 1 unspecified atom stereocenters. The molecule has 6 fully saturated rings. The lowest BCUT2D eigenvalue weighted by Crippen LogP contribution is -2.82. The van der Waals surface area contributed by atoms with Crippen molar-refractivity contribution >= 4 is 47.5 Å². The normalized spacial score (nSPS) is 34.0. The maximum Gasteiger partial charge on any atom is 0.408 e. The van der Waals surface area contributed by atoms with Gasteiger partial charge in [-0.3, -0.25) is 24.0 Å². The van der Waals surface area contributed by atoms with Crippen LogP contribution in [0.25, 0.3) is 0 Å². The van der Waals surface area contributed by atoms with Crippen LogP contribution in [0.3, 0.4) is 0 Å². The van der Waals surface area contributed by atoms with Crippen molar-refractivity contribution in [1.82, 2.24) is 5.32 Å². The van der Waals surface area contributed by atoms with Gasteiger partial charge < -0.3 is 53.1 Å². The van der Waals surface area contributed by atoms with E-state index in [1.807, 2.05) is 6.92 Å². The Kier molecular flexibility index (Phi) is 23.0.